The molecule has 0 spiro atoms. The van der Waals surface area contributed by atoms with Crippen molar-refractivity contribution in [3.63, 3.8) is 0 Å². The van der Waals surface area contributed by atoms with Gasteiger partial charge in [0.2, 0.25) is 0 Å². The van der Waals surface area contributed by atoms with Gasteiger partial charge < -0.3 is 9.88 Å². The molecule has 0 bridgehead atoms. The Morgan fingerprint density at radius 3 is 2.65 bits per heavy atom. The first-order valence-corrected chi connectivity index (χ1v) is 8.33. The van der Waals surface area contributed by atoms with Gasteiger partial charge in [0.15, 0.2) is 5.82 Å². The van der Waals surface area contributed by atoms with Gasteiger partial charge in [-0.05, 0) is 31.7 Å². The summed E-state index contributed by atoms with van der Waals surface area (Å²) in [6.45, 7) is 0.388. The molecule has 0 unspecified atom stereocenters. The maximum Gasteiger partial charge on any atom is 0.269 e. The van der Waals surface area contributed by atoms with Crippen molar-refractivity contribution in [2.24, 2.45) is 14.1 Å². The predicted molar refractivity (Wildman–Crippen MR) is 83.9 cm³/mol. The molecular weight excluding hydrogens is 292 g/mol. The molecule has 122 valence electrons. The summed E-state index contributed by atoms with van der Waals surface area (Å²) in [7, 11) is 3.79. The van der Waals surface area contributed by atoms with Crippen LogP contribution in [0.15, 0.2) is 6.07 Å². The Hall–Kier alpha value is -2.18. The zero-order valence-electron chi connectivity index (χ0n) is 13.6. The summed E-state index contributed by atoms with van der Waals surface area (Å²) >= 11 is 0. The van der Waals surface area contributed by atoms with Crippen molar-refractivity contribution < 1.29 is 4.79 Å². The molecule has 0 atom stereocenters. The lowest BCUT2D eigenvalue weighted by atomic mass is 9.85. The van der Waals surface area contributed by atoms with Gasteiger partial charge in [0.1, 0.15) is 11.5 Å². The van der Waals surface area contributed by atoms with Crippen LogP contribution in [0.4, 0.5) is 0 Å². The number of rotatable bonds is 5. The Balaban J connectivity index is 1.42. The maximum atomic E-state index is 12.4. The molecule has 0 aliphatic heterocycles. The van der Waals surface area contributed by atoms with Crippen LogP contribution < -0.4 is 5.32 Å². The zero-order chi connectivity index (χ0) is 16.0. The van der Waals surface area contributed by atoms with Crippen LogP contribution in [0.5, 0.6) is 0 Å². The molecule has 2 aromatic rings. The second-order valence-corrected chi connectivity index (χ2v) is 6.70. The normalized spacial score (nSPS) is 18.0. The van der Waals surface area contributed by atoms with Crippen molar-refractivity contribution in [2.75, 3.05) is 0 Å². The third-order valence-corrected chi connectivity index (χ3v) is 5.00. The minimum atomic E-state index is -0.111. The third-order valence-electron chi connectivity index (χ3n) is 5.00. The molecule has 23 heavy (non-hydrogen) atoms. The molecule has 7 nitrogen and oxygen atoms in total. The lowest BCUT2D eigenvalue weighted by molar-refractivity contribution is 0.0940. The zero-order valence-corrected chi connectivity index (χ0v) is 13.6. The van der Waals surface area contributed by atoms with Crippen LogP contribution >= 0.6 is 0 Å². The van der Waals surface area contributed by atoms with Gasteiger partial charge in [-0.3, -0.25) is 9.48 Å². The number of aryl methyl sites for hydroxylation is 1. The number of hydrogen-bond acceptors (Lipinski definition) is 4. The number of nitrogens with one attached hydrogen (secondary N) is 1. The Morgan fingerprint density at radius 1 is 1.22 bits per heavy atom. The highest BCUT2D eigenvalue weighted by Crippen LogP contribution is 2.39. The highest BCUT2D eigenvalue weighted by molar-refractivity contribution is 5.92. The van der Waals surface area contributed by atoms with E-state index in [1.807, 2.05) is 24.7 Å². The third kappa shape index (κ3) is 2.64. The Labute approximate surface area is 135 Å². The van der Waals surface area contributed by atoms with Gasteiger partial charge in [-0.2, -0.15) is 5.10 Å². The summed E-state index contributed by atoms with van der Waals surface area (Å²) < 4.78 is 3.68. The average molecular weight is 314 g/mol. The van der Waals surface area contributed by atoms with E-state index >= 15 is 0 Å². The van der Waals surface area contributed by atoms with Crippen LogP contribution in [-0.4, -0.2) is 30.5 Å². The van der Waals surface area contributed by atoms with E-state index in [-0.39, 0.29) is 5.91 Å². The van der Waals surface area contributed by atoms with Gasteiger partial charge in [-0.1, -0.05) is 6.42 Å². The monoisotopic (exact) mass is 314 g/mol. The van der Waals surface area contributed by atoms with Crippen molar-refractivity contribution in [3.05, 3.63) is 29.1 Å². The SMILES string of the molecule is Cn1nc(C2CC2)cc1C(=O)NCc1nnc(C2CCC2)n1C. The quantitative estimate of drug-likeness (QED) is 0.910. The van der Waals surface area contributed by atoms with Crippen molar-refractivity contribution in [2.45, 2.75) is 50.5 Å². The summed E-state index contributed by atoms with van der Waals surface area (Å²) in [5.41, 5.74) is 1.64. The van der Waals surface area contributed by atoms with E-state index in [0.717, 1.165) is 17.3 Å². The summed E-state index contributed by atoms with van der Waals surface area (Å²) in [5, 5.41) is 15.9. The second kappa shape index (κ2) is 5.47. The van der Waals surface area contributed by atoms with E-state index in [0.29, 0.717) is 24.1 Å². The van der Waals surface area contributed by atoms with Gasteiger partial charge in [-0.25, -0.2) is 0 Å². The highest BCUT2D eigenvalue weighted by Gasteiger charge is 2.28. The number of aromatic nitrogens is 5. The summed E-state index contributed by atoms with van der Waals surface area (Å²) in [6, 6.07) is 1.91. The molecule has 2 aromatic heterocycles. The summed E-state index contributed by atoms with van der Waals surface area (Å²) in [5.74, 6) is 2.81. The largest absolute Gasteiger partial charge is 0.343 e. The van der Waals surface area contributed by atoms with Gasteiger partial charge in [0, 0.05) is 25.9 Å². The first-order valence-electron chi connectivity index (χ1n) is 8.33. The predicted octanol–water partition coefficient (Wildman–Crippen LogP) is 1.62. The van der Waals surface area contributed by atoms with Crippen molar-refractivity contribution in [3.8, 4) is 0 Å². The van der Waals surface area contributed by atoms with Gasteiger partial charge in [-0.15, -0.1) is 10.2 Å². The number of nitrogens with zero attached hydrogens (tertiary/aromatic N) is 5. The van der Waals surface area contributed by atoms with E-state index in [2.05, 4.69) is 20.6 Å². The second-order valence-electron chi connectivity index (χ2n) is 6.70. The van der Waals surface area contributed by atoms with Crippen LogP contribution in [-0.2, 0) is 20.6 Å². The van der Waals surface area contributed by atoms with Gasteiger partial charge in [0.05, 0.1) is 12.2 Å². The topological polar surface area (TPSA) is 77.6 Å². The van der Waals surface area contributed by atoms with E-state index in [9.17, 15) is 4.79 Å². The molecule has 2 aliphatic rings. The number of carbonyl (C=O) groups excluding carboxylic acids is 1. The molecule has 2 aliphatic carbocycles. The number of carbonyl (C=O) groups is 1. The minimum absolute atomic E-state index is 0.111. The maximum absolute atomic E-state index is 12.4. The van der Waals surface area contributed by atoms with E-state index in [1.165, 1.54) is 32.1 Å². The molecular formula is C16H22N6O. The fraction of sp³-hybridized carbons (Fsp3) is 0.625. The van der Waals surface area contributed by atoms with Crippen LogP contribution in [0, 0.1) is 0 Å². The minimum Gasteiger partial charge on any atom is -0.343 e. The van der Waals surface area contributed by atoms with Crippen LogP contribution in [0.2, 0.25) is 0 Å². The van der Waals surface area contributed by atoms with Crippen molar-refractivity contribution in [1.82, 2.24) is 29.9 Å². The smallest absolute Gasteiger partial charge is 0.269 e. The van der Waals surface area contributed by atoms with Crippen molar-refractivity contribution in [1.29, 1.82) is 0 Å². The van der Waals surface area contributed by atoms with Crippen LogP contribution in [0.3, 0.4) is 0 Å². The molecule has 2 heterocycles. The van der Waals surface area contributed by atoms with E-state index in [4.69, 9.17) is 0 Å². The van der Waals surface area contributed by atoms with Crippen LogP contribution in [0.25, 0.3) is 0 Å². The van der Waals surface area contributed by atoms with Gasteiger partial charge in [0.25, 0.3) is 5.91 Å². The Kier molecular flexibility index (Phi) is 3.43. The summed E-state index contributed by atoms with van der Waals surface area (Å²) in [6.07, 6.45) is 6.02. The molecule has 1 N–H and O–H groups in total. The van der Waals surface area contributed by atoms with Crippen molar-refractivity contribution >= 4 is 5.91 Å². The lowest BCUT2D eigenvalue weighted by Gasteiger charge is -2.24. The highest BCUT2D eigenvalue weighted by atomic mass is 16.2. The first kappa shape index (κ1) is 14.4. The van der Waals surface area contributed by atoms with Gasteiger partial charge >= 0.3 is 0 Å². The number of amides is 1. The number of hydrogen-bond donors (Lipinski definition) is 1. The molecule has 1 amide bonds. The fourth-order valence-electron chi connectivity index (χ4n) is 3.08. The molecule has 0 radical (unpaired) electrons. The first-order chi connectivity index (χ1) is 11.1. The van der Waals surface area contributed by atoms with Crippen LogP contribution in [0.1, 0.15) is 71.8 Å². The average Bonchev–Trinajstić information content (AvgIpc) is 3.17. The molecule has 7 heteroatoms. The standard InChI is InChI=1S/C16H22N6O/c1-21-14(18-19-15(21)11-4-3-5-11)9-17-16(23)13-8-12(10-6-7-10)20-22(13)2/h8,10-11H,3-7,9H2,1-2H3,(H,17,23). The molecule has 4 rings (SSSR count). The Morgan fingerprint density at radius 2 is 2.00 bits per heavy atom. The summed E-state index contributed by atoms with van der Waals surface area (Å²) in [4.78, 5) is 12.4. The van der Waals surface area contributed by atoms with E-state index in [1.54, 1.807) is 4.68 Å². The molecule has 0 aromatic carbocycles. The molecule has 2 saturated carbocycles. The fourth-order valence-corrected chi connectivity index (χ4v) is 3.08. The molecule has 0 saturated heterocycles. The lowest BCUT2D eigenvalue weighted by Crippen LogP contribution is -2.26. The molecule has 2 fully saturated rings. The van der Waals surface area contributed by atoms with E-state index < -0.39 is 0 Å². The Bertz CT molecular complexity index is 738.